The van der Waals surface area contributed by atoms with Gasteiger partial charge < -0.3 is 9.47 Å². The van der Waals surface area contributed by atoms with Crippen molar-refractivity contribution in [2.75, 3.05) is 13.2 Å². The molecule has 0 fully saturated rings. The van der Waals surface area contributed by atoms with Crippen molar-refractivity contribution in [1.82, 2.24) is 0 Å². The number of terminal acetylenes is 1. The van der Waals surface area contributed by atoms with Gasteiger partial charge in [0, 0.05) is 35.8 Å². The Balaban J connectivity index is 1.51. The molecule has 0 atom stereocenters. The topological polar surface area (TPSA) is 21.5 Å². The predicted octanol–water partition coefficient (Wildman–Crippen LogP) is 6.96. The summed E-state index contributed by atoms with van der Waals surface area (Å²) in [4.78, 5) is 0. The molecule has 5 rings (SSSR count). The van der Waals surface area contributed by atoms with Gasteiger partial charge in [-0.1, -0.05) is 31.0 Å². The predicted molar refractivity (Wildman–Crippen MR) is 139 cm³/mol. The summed E-state index contributed by atoms with van der Waals surface area (Å²) in [5.74, 6) is 5.08. The molecule has 34 heavy (non-hydrogen) atoms. The van der Waals surface area contributed by atoms with Gasteiger partial charge in [-0.3, -0.25) is 0 Å². The third-order valence-electron chi connectivity index (χ3n) is 7.01. The van der Waals surface area contributed by atoms with Gasteiger partial charge in [0.25, 0.3) is 0 Å². The van der Waals surface area contributed by atoms with Crippen molar-refractivity contribution in [3.05, 3.63) is 82.6 Å². The molecule has 0 N–H and O–H groups in total. The van der Waals surface area contributed by atoms with Crippen LogP contribution in [0.15, 0.2) is 71.5 Å². The van der Waals surface area contributed by atoms with Gasteiger partial charge in [0.05, 0.1) is 5.41 Å². The second kappa shape index (κ2) is 9.03. The normalized spacial score (nSPS) is 18.1. The highest BCUT2D eigenvalue weighted by atomic mass is 16.5. The molecular formula is C31H32NO2+. The minimum atomic E-state index is -0.0376. The van der Waals surface area contributed by atoms with E-state index in [0.29, 0.717) is 0 Å². The summed E-state index contributed by atoms with van der Waals surface area (Å²) in [7, 11) is 0. The molecule has 0 spiro atoms. The molecule has 2 aromatic carbocycles. The largest absolute Gasteiger partial charge is 0.481 e. The first kappa shape index (κ1) is 22.3. The summed E-state index contributed by atoms with van der Waals surface area (Å²) >= 11 is 0. The third kappa shape index (κ3) is 3.88. The third-order valence-corrected chi connectivity index (χ3v) is 7.01. The first-order valence-electron chi connectivity index (χ1n) is 12.3. The summed E-state index contributed by atoms with van der Waals surface area (Å²) in [6.45, 7) is 8.17. The van der Waals surface area contributed by atoms with Gasteiger partial charge in [0.15, 0.2) is 5.71 Å². The van der Waals surface area contributed by atoms with Crippen LogP contribution in [0.4, 0.5) is 5.69 Å². The summed E-state index contributed by atoms with van der Waals surface area (Å²) in [6, 6.07) is 14.7. The van der Waals surface area contributed by atoms with Gasteiger partial charge in [0.2, 0.25) is 5.69 Å². The Morgan fingerprint density at radius 3 is 2.82 bits per heavy atom. The smallest absolute Gasteiger partial charge is 0.209 e. The second-order valence-electron chi connectivity index (χ2n) is 9.68. The average molecular weight is 451 g/mol. The van der Waals surface area contributed by atoms with Crippen LogP contribution in [-0.4, -0.2) is 23.4 Å². The van der Waals surface area contributed by atoms with E-state index >= 15 is 0 Å². The van der Waals surface area contributed by atoms with E-state index in [9.17, 15) is 0 Å². The van der Waals surface area contributed by atoms with Crippen LogP contribution in [0.1, 0.15) is 57.6 Å². The molecule has 172 valence electrons. The van der Waals surface area contributed by atoms with Crippen molar-refractivity contribution in [2.45, 2.75) is 51.9 Å². The number of para-hydroxylation sites is 1. The highest BCUT2D eigenvalue weighted by Crippen LogP contribution is 2.42. The van der Waals surface area contributed by atoms with Crippen LogP contribution in [-0.2, 0) is 5.41 Å². The maximum absolute atomic E-state index is 6.48. The van der Waals surface area contributed by atoms with E-state index in [1.807, 2.05) is 18.2 Å². The summed E-state index contributed by atoms with van der Waals surface area (Å²) < 4.78 is 14.6. The van der Waals surface area contributed by atoms with E-state index in [4.69, 9.17) is 15.9 Å². The van der Waals surface area contributed by atoms with Crippen LogP contribution < -0.4 is 9.47 Å². The van der Waals surface area contributed by atoms with Crippen molar-refractivity contribution in [3.63, 3.8) is 0 Å². The molecule has 0 radical (unpaired) electrons. The molecular weight excluding hydrogens is 418 g/mol. The van der Waals surface area contributed by atoms with E-state index in [2.05, 4.69) is 73.8 Å². The van der Waals surface area contributed by atoms with Crippen LogP contribution in [0.5, 0.6) is 11.5 Å². The monoisotopic (exact) mass is 450 g/mol. The number of ether oxygens (including phenoxy) is 2. The number of nitrogens with zero attached hydrogens (tertiary/aromatic N) is 1. The molecule has 0 amide bonds. The number of hydrogen-bond acceptors (Lipinski definition) is 2. The Kier molecular flexibility index (Phi) is 5.92. The number of allylic oxidation sites excluding steroid dienone is 4. The Morgan fingerprint density at radius 2 is 2.00 bits per heavy atom. The van der Waals surface area contributed by atoms with Crippen molar-refractivity contribution >= 4 is 17.5 Å². The molecule has 2 aliphatic heterocycles. The first-order chi connectivity index (χ1) is 16.5. The number of hydrogen-bond donors (Lipinski definition) is 0. The highest BCUT2D eigenvalue weighted by Gasteiger charge is 2.43. The molecule has 0 aromatic heterocycles. The maximum Gasteiger partial charge on any atom is 0.209 e. The molecule has 2 heterocycles. The van der Waals surface area contributed by atoms with Gasteiger partial charge in [-0.2, -0.15) is 4.58 Å². The molecule has 3 aliphatic rings. The molecule has 1 aliphatic carbocycles. The standard InChI is InChI=1S/C31H32NO2/c1-5-18-32-27-13-8-7-12-26(27)31(3,4)29(32)17-15-22-10-9-11-24-20-23-14-16-25(33-19-6-2)21-28(23)34-30(22)24/h2,7-8,12-17,20-21H,5,9-11,18-19H2,1,3-4H3/q+1/b17-15+. The lowest BCUT2D eigenvalue weighted by atomic mass is 9.81. The zero-order chi connectivity index (χ0) is 23.7. The van der Waals surface area contributed by atoms with Crippen LogP contribution in [0.25, 0.3) is 6.08 Å². The van der Waals surface area contributed by atoms with E-state index in [-0.39, 0.29) is 12.0 Å². The zero-order valence-electron chi connectivity index (χ0n) is 20.4. The van der Waals surface area contributed by atoms with Crippen LogP contribution in [0.2, 0.25) is 0 Å². The molecule has 0 saturated heterocycles. The Labute approximate surface area is 203 Å². The Hall–Kier alpha value is -3.51. The fraction of sp³-hybridized carbons (Fsp3) is 0.323. The van der Waals surface area contributed by atoms with E-state index in [1.54, 1.807) is 0 Å². The van der Waals surface area contributed by atoms with Gasteiger partial charge in [-0.25, -0.2) is 0 Å². The number of rotatable bonds is 6. The SMILES string of the molecule is C#CCOc1ccc2c(c1)OC1=C(/C=C/C3=[N+](CCC)c4ccccc4C3(C)C)CCCC1=C2. The molecule has 3 nitrogen and oxygen atoms in total. The zero-order valence-corrected chi connectivity index (χ0v) is 20.4. The van der Waals surface area contributed by atoms with Gasteiger partial charge >= 0.3 is 0 Å². The number of fused-ring (bicyclic) bond motifs is 3. The Bertz CT molecular complexity index is 1300. The summed E-state index contributed by atoms with van der Waals surface area (Å²) in [6.07, 6.45) is 16.5. The lowest BCUT2D eigenvalue weighted by Crippen LogP contribution is -2.28. The van der Waals surface area contributed by atoms with E-state index in [1.165, 1.54) is 28.1 Å². The van der Waals surface area contributed by atoms with Crippen LogP contribution in [0.3, 0.4) is 0 Å². The lowest BCUT2D eigenvalue weighted by Gasteiger charge is -2.27. The van der Waals surface area contributed by atoms with Crippen molar-refractivity contribution in [2.24, 2.45) is 0 Å². The fourth-order valence-corrected chi connectivity index (χ4v) is 5.35. The molecule has 3 heteroatoms. The van der Waals surface area contributed by atoms with E-state index in [0.717, 1.165) is 55.0 Å². The van der Waals surface area contributed by atoms with Crippen molar-refractivity contribution in [3.8, 4) is 23.8 Å². The van der Waals surface area contributed by atoms with Crippen LogP contribution >= 0.6 is 0 Å². The van der Waals surface area contributed by atoms with Crippen molar-refractivity contribution in [1.29, 1.82) is 0 Å². The quantitative estimate of drug-likeness (QED) is 0.351. The minimum absolute atomic E-state index is 0.0376. The number of benzene rings is 2. The summed E-state index contributed by atoms with van der Waals surface area (Å²) in [5, 5.41) is 0. The average Bonchev–Trinajstić information content (AvgIpc) is 3.06. The van der Waals surface area contributed by atoms with Gasteiger partial charge in [0.1, 0.15) is 30.4 Å². The molecule has 2 aromatic rings. The highest BCUT2D eigenvalue weighted by molar-refractivity contribution is 6.03. The summed E-state index contributed by atoms with van der Waals surface area (Å²) in [5.41, 5.74) is 7.66. The molecule has 0 unspecified atom stereocenters. The van der Waals surface area contributed by atoms with Crippen LogP contribution in [0, 0.1) is 12.3 Å². The minimum Gasteiger partial charge on any atom is -0.481 e. The molecule has 0 bridgehead atoms. The fourth-order valence-electron chi connectivity index (χ4n) is 5.35. The van der Waals surface area contributed by atoms with Gasteiger partial charge in [-0.15, -0.1) is 6.42 Å². The molecule has 0 saturated carbocycles. The van der Waals surface area contributed by atoms with E-state index < -0.39 is 0 Å². The maximum atomic E-state index is 6.48. The Morgan fingerprint density at radius 1 is 1.15 bits per heavy atom. The van der Waals surface area contributed by atoms with Gasteiger partial charge in [-0.05, 0) is 68.5 Å². The second-order valence-corrected chi connectivity index (χ2v) is 9.68. The lowest BCUT2D eigenvalue weighted by molar-refractivity contribution is -0.437. The van der Waals surface area contributed by atoms with Crippen molar-refractivity contribution < 1.29 is 14.0 Å². The first-order valence-corrected chi connectivity index (χ1v) is 12.3.